The Morgan fingerprint density at radius 1 is 1.14 bits per heavy atom. The summed E-state index contributed by atoms with van der Waals surface area (Å²) in [6.45, 7) is 0.629. The number of sulfonamides is 1. The van der Waals surface area contributed by atoms with Crippen LogP contribution >= 0.6 is 34.5 Å². The number of hydrogen-bond acceptors (Lipinski definition) is 5. The number of nitrogens with zero attached hydrogens (tertiary/aromatic N) is 2. The molecule has 0 bridgehead atoms. The fourth-order valence-corrected chi connectivity index (χ4v) is 7.74. The molecule has 2 aromatic carbocycles. The highest BCUT2D eigenvalue weighted by Crippen LogP contribution is 2.41. The van der Waals surface area contributed by atoms with E-state index in [1.54, 1.807) is 28.4 Å². The van der Waals surface area contributed by atoms with E-state index in [1.165, 1.54) is 12.1 Å². The highest BCUT2D eigenvalue weighted by Gasteiger charge is 2.37. The first-order valence-corrected chi connectivity index (χ1v) is 15.0. The Kier molecular flexibility index (Phi) is 7.91. The Hall–Kier alpha value is -2.01. The van der Waals surface area contributed by atoms with Crippen LogP contribution in [0, 0.1) is 5.82 Å². The first kappa shape index (κ1) is 26.6. The number of carbonyl (C=O) groups is 1. The summed E-state index contributed by atoms with van der Waals surface area (Å²) in [5, 5.41) is 2.91. The van der Waals surface area contributed by atoms with Gasteiger partial charge in [-0.3, -0.25) is 4.79 Å². The van der Waals surface area contributed by atoms with Crippen LogP contribution in [0.5, 0.6) is 0 Å². The fourth-order valence-electron chi connectivity index (χ4n) is 4.90. The van der Waals surface area contributed by atoms with Gasteiger partial charge >= 0.3 is 0 Å². The van der Waals surface area contributed by atoms with Gasteiger partial charge in [-0.25, -0.2) is 12.8 Å². The topological polar surface area (TPSA) is 66.9 Å². The first-order chi connectivity index (χ1) is 17.7. The lowest BCUT2D eigenvalue weighted by Gasteiger charge is -2.38. The molecule has 0 N–H and O–H groups in total. The quantitative estimate of drug-likeness (QED) is 0.367. The van der Waals surface area contributed by atoms with Gasteiger partial charge in [0.25, 0.3) is 0 Å². The van der Waals surface area contributed by atoms with Gasteiger partial charge in [0.2, 0.25) is 15.9 Å². The second kappa shape index (κ2) is 11.0. The molecular weight excluding hydrogens is 558 g/mol. The van der Waals surface area contributed by atoms with Gasteiger partial charge in [-0.2, -0.15) is 4.31 Å². The van der Waals surface area contributed by atoms with Gasteiger partial charge in [-0.05, 0) is 78.2 Å². The average molecular weight is 584 g/mol. The van der Waals surface area contributed by atoms with Crippen molar-refractivity contribution in [3.8, 4) is 0 Å². The number of carbonyl (C=O) groups excluding carboxylic acids is 1. The molecule has 11 heteroatoms. The molecule has 37 heavy (non-hydrogen) atoms. The third-order valence-electron chi connectivity index (χ3n) is 6.74. The minimum absolute atomic E-state index is 0.0371. The molecule has 1 fully saturated rings. The summed E-state index contributed by atoms with van der Waals surface area (Å²) < 4.78 is 47.5. The maximum Gasteiger partial charge on any atom is 0.243 e. The number of rotatable bonds is 7. The Morgan fingerprint density at radius 3 is 2.62 bits per heavy atom. The fraction of sp³-hybridized carbons (Fsp3) is 0.346. The summed E-state index contributed by atoms with van der Waals surface area (Å²) >= 11 is 14.3. The molecule has 5 rings (SSSR count). The van der Waals surface area contributed by atoms with Crippen molar-refractivity contribution in [3.05, 3.63) is 85.8 Å². The molecule has 0 aliphatic carbocycles. The molecule has 2 aliphatic rings. The van der Waals surface area contributed by atoms with Gasteiger partial charge in [0, 0.05) is 34.6 Å². The number of amides is 1. The summed E-state index contributed by atoms with van der Waals surface area (Å²) in [6.07, 6.45) is 1.88. The summed E-state index contributed by atoms with van der Waals surface area (Å²) in [5.74, 6) is -0.889. The number of halogens is 3. The van der Waals surface area contributed by atoms with Crippen LogP contribution in [-0.4, -0.2) is 55.9 Å². The number of hydrogen-bond donors (Lipinski definition) is 0. The van der Waals surface area contributed by atoms with E-state index in [0.29, 0.717) is 36.0 Å². The Balaban J connectivity index is 1.48. The molecule has 1 aromatic heterocycles. The van der Waals surface area contributed by atoms with E-state index < -0.39 is 21.9 Å². The minimum Gasteiger partial charge on any atom is -0.377 e. The van der Waals surface area contributed by atoms with Crippen LogP contribution in [0.15, 0.2) is 58.8 Å². The minimum atomic E-state index is -4.09. The zero-order valence-corrected chi connectivity index (χ0v) is 22.9. The van der Waals surface area contributed by atoms with Gasteiger partial charge in [0.05, 0.1) is 23.6 Å². The lowest BCUT2D eigenvalue weighted by atomic mass is 9.93. The van der Waals surface area contributed by atoms with Gasteiger partial charge in [0.1, 0.15) is 5.82 Å². The van der Waals surface area contributed by atoms with Crippen LogP contribution in [0.4, 0.5) is 4.39 Å². The van der Waals surface area contributed by atoms with E-state index in [9.17, 15) is 17.6 Å². The molecule has 196 valence electrons. The second-order valence-electron chi connectivity index (χ2n) is 9.09. The molecule has 6 nitrogen and oxygen atoms in total. The lowest BCUT2D eigenvalue weighted by Crippen LogP contribution is -2.48. The van der Waals surface area contributed by atoms with Crippen molar-refractivity contribution in [3.63, 3.8) is 0 Å². The van der Waals surface area contributed by atoms with Crippen molar-refractivity contribution >= 4 is 50.5 Å². The molecule has 3 heterocycles. The molecule has 1 saturated heterocycles. The summed E-state index contributed by atoms with van der Waals surface area (Å²) in [7, 11) is -4.09. The zero-order valence-electron chi connectivity index (χ0n) is 19.8. The molecule has 3 aromatic rings. The van der Waals surface area contributed by atoms with Gasteiger partial charge in [-0.15, -0.1) is 11.3 Å². The van der Waals surface area contributed by atoms with E-state index in [0.717, 1.165) is 38.9 Å². The average Bonchev–Trinajstić information content (AvgIpc) is 3.55. The predicted octanol–water partition coefficient (Wildman–Crippen LogP) is 5.54. The summed E-state index contributed by atoms with van der Waals surface area (Å²) in [6, 6.07) is 11.3. The summed E-state index contributed by atoms with van der Waals surface area (Å²) in [4.78, 5) is 16.6. The maximum atomic E-state index is 13.9. The first-order valence-electron chi connectivity index (χ1n) is 11.9. The maximum absolute atomic E-state index is 13.9. The standard InChI is InChI=1S/C26H25Cl2FN2O4S2/c27-17-3-8-21(23(28)14-17)26-22-10-13-36-24(22)9-11-31(26)25(32)16-30(15-19-2-1-12-35-19)37(33,34)20-6-4-18(29)5-7-20/h3-8,10,13-14,19,26H,1-2,9,11-12,15-16H2. The number of benzene rings is 2. The van der Waals surface area contributed by atoms with Crippen LogP contribution in [0.2, 0.25) is 10.0 Å². The second-order valence-corrected chi connectivity index (χ2v) is 12.9. The highest BCUT2D eigenvalue weighted by molar-refractivity contribution is 7.89. The number of ether oxygens (including phenoxy) is 1. The van der Waals surface area contributed by atoms with Crippen LogP contribution in [0.25, 0.3) is 0 Å². The Labute approximate surface area is 229 Å². The van der Waals surface area contributed by atoms with Gasteiger partial charge in [-0.1, -0.05) is 29.3 Å². The van der Waals surface area contributed by atoms with Crippen LogP contribution in [-0.2, 0) is 26.0 Å². The molecule has 1 amide bonds. The monoisotopic (exact) mass is 582 g/mol. The molecule has 0 radical (unpaired) electrons. The van der Waals surface area contributed by atoms with Gasteiger partial charge < -0.3 is 9.64 Å². The van der Waals surface area contributed by atoms with Crippen LogP contribution < -0.4 is 0 Å². The molecule has 2 unspecified atom stereocenters. The smallest absolute Gasteiger partial charge is 0.243 e. The number of thiophene rings is 1. The van der Waals surface area contributed by atoms with E-state index >= 15 is 0 Å². The van der Waals surface area contributed by atoms with Crippen molar-refractivity contribution in [2.24, 2.45) is 0 Å². The van der Waals surface area contributed by atoms with Crippen molar-refractivity contribution in [1.82, 2.24) is 9.21 Å². The van der Waals surface area contributed by atoms with Crippen molar-refractivity contribution in [1.29, 1.82) is 0 Å². The van der Waals surface area contributed by atoms with E-state index in [4.69, 9.17) is 27.9 Å². The van der Waals surface area contributed by atoms with E-state index in [2.05, 4.69) is 0 Å². The Bertz CT molecular complexity index is 1390. The van der Waals surface area contributed by atoms with Crippen LogP contribution in [0.1, 0.15) is 34.9 Å². The SMILES string of the molecule is O=C(CN(CC1CCCO1)S(=O)(=O)c1ccc(F)cc1)N1CCc2sccc2C1c1ccc(Cl)cc1Cl. The molecule has 0 saturated carbocycles. The van der Waals surface area contributed by atoms with Crippen molar-refractivity contribution < 1.29 is 22.3 Å². The number of fused-ring (bicyclic) bond motifs is 1. The normalized spacial score (nSPS) is 19.8. The molecule has 2 atom stereocenters. The molecule has 0 spiro atoms. The molecular formula is C26H25Cl2FN2O4S2. The van der Waals surface area contributed by atoms with Crippen molar-refractivity contribution in [2.75, 3.05) is 26.2 Å². The highest BCUT2D eigenvalue weighted by atomic mass is 35.5. The largest absolute Gasteiger partial charge is 0.377 e. The third-order valence-corrected chi connectivity index (χ3v) is 10.1. The molecule has 2 aliphatic heterocycles. The van der Waals surface area contributed by atoms with Gasteiger partial charge in [0.15, 0.2) is 0 Å². The zero-order chi connectivity index (χ0) is 26.2. The van der Waals surface area contributed by atoms with E-state index in [-0.39, 0.29) is 30.0 Å². The van der Waals surface area contributed by atoms with E-state index in [1.807, 2.05) is 17.5 Å². The van der Waals surface area contributed by atoms with Crippen molar-refractivity contribution in [2.45, 2.75) is 36.3 Å². The third kappa shape index (κ3) is 5.57. The van der Waals surface area contributed by atoms with Crippen LogP contribution in [0.3, 0.4) is 0 Å². The lowest BCUT2D eigenvalue weighted by molar-refractivity contribution is -0.133. The summed E-state index contributed by atoms with van der Waals surface area (Å²) in [5.41, 5.74) is 1.70. The Morgan fingerprint density at radius 2 is 1.92 bits per heavy atom. The predicted molar refractivity (Wildman–Crippen MR) is 142 cm³/mol.